The Morgan fingerprint density at radius 2 is 2.31 bits per heavy atom. The largest absolute Gasteiger partial charge is 0.364 e. The van der Waals surface area contributed by atoms with Crippen molar-refractivity contribution < 1.29 is 4.79 Å². The van der Waals surface area contributed by atoms with E-state index in [2.05, 4.69) is 33.1 Å². The molecule has 0 aromatic heterocycles. The monoisotopic (exact) mass is 348 g/mol. The lowest BCUT2D eigenvalue weighted by Gasteiger charge is -2.02. The van der Waals surface area contributed by atoms with Gasteiger partial charge in [-0.1, -0.05) is 11.6 Å². The predicted octanol–water partition coefficient (Wildman–Crippen LogP) is 1.72. The van der Waals surface area contributed by atoms with Gasteiger partial charge in [0.15, 0.2) is 0 Å². The number of hydrogen-bond acceptors (Lipinski definition) is 4. The number of rotatable bonds is 3. The zero-order valence-corrected chi connectivity index (χ0v) is 10.8. The Labute approximate surface area is 110 Å². The molecule has 3 N–H and O–H groups in total. The second-order valence-electron chi connectivity index (χ2n) is 2.68. The molecule has 0 aliphatic carbocycles. The molecule has 0 saturated heterocycles. The summed E-state index contributed by atoms with van der Waals surface area (Å²) in [4.78, 5) is 10.7. The van der Waals surface area contributed by atoms with Gasteiger partial charge in [0.2, 0.25) is 5.71 Å². The first-order chi connectivity index (χ1) is 7.54. The van der Waals surface area contributed by atoms with Crippen LogP contribution >= 0.6 is 34.2 Å². The molecule has 0 aliphatic rings. The molecule has 1 rings (SSSR count). The van der Waals surface area contributed by atoms with Crippen LogP contribution in [0.2, 0.25) is 5.02 Å². The lowest BCUT2D eigenvalue weighted by atomic mass is 10.3. The molecule has 1 amide bonds. The van der Waals surface area contributed by atoms with Crippen molar-refractivity contribution in [1.82, 2.24) is 0 Å². The molecule has 1 aromatic carbocycles. The molecule has 0 atom stereocenters. The lowest BCUT2D eigenvalue weighted by molar-refractivity contribution is -0.111. The average molecular weight is 349 g/mol. The molecule has 0 aliphatic heterocycles. The highest BCUT2D eigenvalue weighted by molar-refractivity contribution is 14.1. The van der Waals surface area contributed by atoms with E-state index in [1.165, 1.54) is 0 Å². The molecular formula is C9H6ClIN4O. The summed E-state index contributed by atoms with van der Waals surface area (Å²) in [5, 5.41) is 12.6. The van der Waals surface area contributed by atoms with Crippen LogP contribution in [0.4, 0.5) is 5.69 Å². The Morgan fingerprint density at radius 3 is 2.81 bits per heavy atom. The third kappa shape index (κ3) is 3.36. The van der Waals surface area contributed by atoms with Crippen molar-refractivity contribution in [2.75, 3.05) is 5.43 Å². The van der Waals surface area contributed by atoms with Crippen molar-refractivity contribution in [2.45, 2.75) is 0 Å². The van der Waals surface area contributed by atoms with Gasteiger partial charge in [0, 0.05) is 3.57 Å². The molecule has 0 radical (unpaired) electrons. The summed E-state index contributed by atoms with van der Waals surface area (Å²) in [5.74, 6) is -0.883. The number of benzene rings is 1. The highest BCUT2D eigenvalue weighted by Gasteiger charge is 2.05. The molecule has 0 spiro atoms. The van der Waals surface area contributed by atoms with E-state index in [4.69, 9.17) is 22.6 Å². The van der Waals surface area contributed by atoms with E-state index in [-0.39, 0.29) is 0 Å². The van der Waals surface area contributed by atoms with Crippen LogP contribution in [0.5, 0.6) is 0 Å². The Morgan fingerprint density at radius 1 is 1.62 bits per heavy atom. The van der Waals surface area contributed by atoms with Crippen LogP contribution < -0.4 is 11.2 Å². The summed E-state index contributed by atoms with van der Waals surface area (Å²) in [5.41, 5.74) is 7.60. The summed E-state index contributed by atoms with van der Waals surface area (Å²) < 4.78 is 0.893. The number of amides is 1. The van der Waals surface area contributed by atoms with Crippen LogP contribution in [0.1, 0.15) is 0 Å². The van der Waals surface area contributed by atoms with Crippen LogP contribution in [0.15, 0.2) is 23.3 Å². The standard InChI is InChI=1S/C9H6ClIN4O/c10-6-3-5(1-2-7(6)11)14-15-8(4-12)9(13)16/h1-3,14H,(H2,13,16)/b15-8+. The van der Waals surface area contributed by atoms with Gasteiger partial charge in [-0.25, -0.2) is 0 Å². The van der Waals surface area contributed by atoms with E-state index >= 15 is 0 Å². The normalized spacial score (nSPS) is 10.7. The van der Waals surface area contributed by atoms with Crippen molar-refractivity contribution in [3.8, 4) is 6.07 Å². The first-order valence-corrected chi connectivity index (χ1v) is 5.49. The van der Waals surface area contributed by atoms with Crippen LogP contribution in [0, 0.1) is 14.9 Å². The fourth-order valence-electron chi connectivity index (χ4n) is 0.821. The number of primary amides is 1. The zero-order valence-electron chi connectivity index (χ0n) is 7.87. The summed E-state index contributed by atoms with van der Waals surface area (Å²) in [7, 11) is 0. The molecule has 0 fully saturated rings. The van der Waals surface area contributed by atoms with E-state index in [1.807, 2.05) is 0 Å². The van der Waals surface area contributed by atoms with E-state index in [9.17, 15) is 4.79 Å². The number of hydrogen-bond donors (Lipinski definition) is 2. The predicted molar refractivity (Wildman–Crippen MR) is 70.0 cm³/mol. The van der Waals surface area contributed by atoms with Crippen molar-refractivity contribution in [3.63, 3.8) is 0 Å². The lowest BCUT2D eigenvalue weighted by Crippen LogP contribution is -2.22. The summed E-state index contributed by atoms with van der Waals surface area (Å²) in [6.45, 7) is 0. The molecule has 0 unspecified atom stereocenters. The van der Waals surface area contributed by atoms with Crippen LogP contribution in [0.25, 0.3) is 0 Å². The summed E-state index contributed by atoms with van der Waals surface area (Å²) in [6, 6.07) is 6.69. The van der Waals surface area contributed by atoms with Gasteiger partial charge in [-0.15, -0.1) is 0 Å². The Kier molecular flexibility index (Phi) is 4.52. The first kappa shape index (κ1) is 12.7. The topological polar surface area (TPSA) is 91.3 Å². The Hall–Kier alpha value is -1.33. The third-order valence-corrected chi connectivity index (χ3v) is 3.13. The fraction of sp³-hybridized carbons (Fsp3) is 0. The highest BCUT2D eigenvalue weighted by atomic mass is 127. The summed E-state index contributed by atoms with van der Waals surface area (Å²) in [6.07, 6.45) is 0. The van der Waals surface area contributed by atoms with Crippen LogP contribution in [-0.4, -0.2) is 11.6 Å². The minimum absolute atomic E-state index is 0.394. The Balaban J connectivity index is 2.86. The van der Waals surface area contributed by atoms with E-state index in [0.29, 0.717) is 10.7 Å². The molecule has 7 heteroatoms. The van der Waals surface area contributed by atoms with Crippen molar-refractivity contribution in [2.24, 2.45) is 10.8 Å². The molecule has 82 valence electrons. The molecule has 0 saturated carbocycles. The number of carbonyl (C=O) groups is 1. The van der Waals surface area contributed by atoms with Crippen LogP contribution in [-0.2, 0) is 4.79 Å². The quantitative estimate of drug-likeness (QED) is 0.495. The number of nitrogens with one attached hydrogen (secondary N) is 1. The number of nitrogens with zero attached hydrogens (tertiary/aromatic N) is 2. The molecular weight excluding hydrogens is 342 g/mol. The van der Waals surface area contributed by atoms with Gasteiger partial charge in [-0.3, -0.25) is 10.2 Å². The third-order valence-electron chi connectivity index (χ3n) is 1.56. The average Bonchev–Trinajstić information content (AvgIpc) is 2.23. The number of nitriles is 1. The SMILES string of the molecule is N#C/C(=N\Nc1ccc(I)c(Cl)c1)C(N)=O. The molecule has 16 heavy (non-hydrogen) atoms. The smallest absolute Gasteiger partial charge is 0.280 e. The van der Waals surface area contributed by atoms with Crippen LogP contribution in [0.3, 0.4) is 0 Å². The zero-order chi connectivity index (χ0) is 12.1. The minimum Gasteiger partial charge on any atom is -0.364 e. The fourth-order valence-corrected chi connectivity index (χ4v) is 1.34. The molecule has 0 heterocycles. The number of nitrogens with two attached hydrogens (primary N) is 1. The summed E-state index contributed by atoms with van der Waals surface area (Å²) >= 11 is 7.95. The number of carbonyl (C=O) groups excluding carboxylic acids is 1. The van der Waals surface area contributed by atoms with E-state index in [0.717, 1.165) is 3.57 Å². The number of anilines is 1. The van der Waals surface area contributed by atoms with E-state index in [1.54, 1.807) is 24.3 Å². The molecule has 0 bridgehead atoms. The van der Waals surface area contributed by atoms with Crippen molar-refractivity contribution in [3.05, 3.63) is 26.8 Å². The second kappa shape index (κ2) is 5.67. The maximum atomic E-state index is 10.7. The number of halogens is 2. The number of hydrazone groups is 1. The maximum Gasteiger partial charge on any atom is 0.280 e. The van der Waals surface area contributed by atoms with Gasteiger partial charge in [0.1, 0.15) is 6.07 Å². The van der Waals surface area contributed by atoms with Crippen molar-refractivity contribution in [1.29, 1.82) is 5.26 Å². The van der Waals surface area contributed by atoms with Crippen molar-refractivity contribution >= 4 is 51.5 Å². The van der Waals surface area contributed by atoms with Gasteiger partial charge < -0.3 is 5.73 Å². The van der Waals surface area contributed by atoms with Gasteiger partial charge in [-0.05, 0) is 40.8 Å². The highest BCUT2D eigenvalue weighted by Crippen LogP contribution is 2.22. The van der Waals surface area contributed by atoms with E-state index < -0.39 is 11.6 Å². The second-order valence-corrected chi connectivity index (χ2v) is 4.25. The van der Waals surface area contributed by atoms with Gasteiger partial charge >= 0.3 is 0 Å². The van der Waals surface area contributed by atoms with Gasteiger partial charge in [0.25, 0.3) is 5.91 Å². The molecule has 1 aromatic rings. The molecule has 5 nitrogen and oxygen atoms in total. The Bertz CT molecular complexity index is 495. The minimum atomic E-state index is -0.883. The van der Waals surface area contributed by atoms with Gasteiger partial charge in [0.05, 0.1) is 10.7 Å². The maximum absolute atomic E-state index is 10.7. The van der Waals surface area contributed by atoms with Gasteiger partial charge in [-0.2, -0.15) is 10.4 Å². The first-order valence-electron chi connectivity index (χ1n) is 4.03.